The number of piperazine rings is 1. The number of pyridine rings is 1. The first-order valence-corrected chi connectivity index (χ1v) is 10.9. The van der Waals surface area contributed by atoms with Crippen molar-refractivity contribution in [1.82, 2.24) is 30.2 Å². The fraction of sp³-hybridized carbons (Fsp3) is 0.375. The quantitative estimate of drug-likeness (QED) is 0.611. The molecule has 0 spiro atoms. The zero-order chi connectivity index (χ0) is 24.0. The SMILES string of the molecule is [2H]C1OC(=O)c2ccc([C@@H]3CN(Cc4cnn(-c5cc(C)c(C#N)cn5)n4)C[C@H](C)N3)c(C)c21. The second-order valence-corrected chi connectivity index (χ2v) is 8.67. The predicted molar refractivity (Wildman–Crippen MR) is 120 cm³/mol. The molecule has 0 amide bonds. The molecule has 0 bridgehead atoms. The van der Waals surface area contributed by atoms with Crippen molar-refractivity contribution in [3.63, 3.8) is 0 Å². The third-order valence-corrected chi connectivity index (χ3v) is 6.24. The minimum atomic E-state index is -0.964. The molecule has 1 aromatic carbocycles. The monoisotopic (exact) mass is 444 g/mol. The number of fused-ring (bicyclic) bond motifs is 1. The molecule has 1 unspecified atom stereocenters. The van der Waals surface area contributed by atoms with Crippen LogP contribution >= 0.6 is 0 Å². The van der Waals surface area contributed by atoms with Gasteiger partial charge in [-0.3, -0.25) is 4.90 Å². The van der Waals surface area contributed by atoms with Gasteiger partial charge in [0, 0.05) is 43.5 Å². The molecular weight excluding hydrogens is 418 g/mol. The first kappa shape index (κ1) is 20.0. The maximum absolute atomic E-state index is 12.0. The van der Waals surface area contributed by atoms with Gasteiger partial charge in [-0.1, -0.05) is 6.07 Å². The van der Waals surface area contributed by atoms with Crippen LogP contribution in [-0.2, 0) is 17.9 Å². The number of ether oxygens (including phenoxy) is 1. The Hall–Kier alpha value is -3.61. The normalized spacial score (nSPS) is 23.0. The third-order valence-electron chi connectivity index (χ3n) is 6.24. The summed E-state index contributed by atoms with van der Waals surface area (Å²) in [5.41, 5.74) is 5.36. The number of benzene rings is 1. The van der Waals surface area contributed by atoms with Crippen molar-refractivity contribution in [2.45, 2.75) is 46.0 Å². The molecule has 9 heteroatoms. The van der Waals surface area contributed by atoms with E-state index in [1.54, 1.807) is 18.3 Å². The van der Waals surface area contributed by atoms with Gasteiger partial charge in [-0.05, 0) is 49.6 Å². The molecule has 4 heterocycles. The Morgan fingerprint density at radius 2 is 2.18 bits per heavy atom. The molecule has 3 atom stereocenters. The van der Waals surface area contributed by atoms with E-state index in [0.717, 1.165) is 35.5 Å². The van der Waals surface area contributed by atoms with Gasteiger partial charge in [0.05, 0.1) is 24.4 Å². The molecule has 2 aliphatic heterocycles. The maximum atomic E-state index is 12.0. The number of aryl methyl sites for hydroxylation is 1. The first-order chi connectivity index (χ1) is 16.3. The molecule has 168 valence electrons. The van der Waals surface area contributed by atoms with Crippen LogP contribution in [0.4, 0.5) is 0 Å². The average molecular weight is 445 g/mol. The zero-order valence-corrected chi connectivity index (χ0v) is 18.7. The van der Waals surface area contributed by atoms with Crippen LogP contribution in [0.1, 0.15) is 58.2 Å². The van der Waals surface area contributed by atoms with Gasteiger partial charge in [-0.25, -0.2) is 9.78 Å². The Kier molecular flexibility index (Phi) is 5.09. The van der Waals surface area contributed by atoms with Crippen molar-refractivity contribution in [3.05, 3.63) is 69.7 Å². The molecule has 2 aromatic heterocycles. The van der Waals surface area contributed by atoms with Gasteiger partial charge in [0.1, 0.15) is 12.7 Å². The van der Waals surface area contributed by atoms with Crippen molar-refractivity contribution in [2.75, 3.05) is 13.1 Å². The first-order valence-electron chi connectivity index (χ1n) is 11.4. The smallest absolute Gasteiger partial charge is 0.338 e. The Bertz CT molecular complexity index is 1320. The van der Waals surface area contributed by atoms with Gasteiger partial charge in [-0.15, -0.1) is 4.80 Å². The zero-order valence-electron chi connectivity index (χ0n) is 19.7. The lowest BCUT2D eigenvalue weighted by Crippen LogP contribution is -2.50. The standard InChI is InChI=1S/C24H25N7O2/c1-14-6-23(26-8-17(14)7-25)31-27-9-18(29-31)11-30-10-15(2)28-22(12-30)19-4-5-20-21(16(19)3)13-33-24(20)32/h4-6,8-9,15,22,28H,10-13H2,1-3H3/t15-,22-/m0/s1/i13D/t13?,15-,22-. The Morgan fingerprint density at radius 1 is 1.33 bits per heavy atom. The molecule has 3 aromatic rings. The Morgan fingerprint density at radius 3 is 2.97 bits per heavy atom. The van der Waals surface area contributed by atoms with Crippen LogP contribution in [0.2, 0.25) is 0 Å². The van der Waals surface area contributed by atoms with E-state index in [0.29, 0.717) is 29.1 Å². The summed E-state index contributed by atoms with van der Waals surface area (Å²) in [5, 5.41) is 21.7. The van der Waals surface area contributed by atoms with Crippen LogP contribution in [0.15, 0.2) is 30.6 Å². The van der Waals surface area contributed by atoms with Gasteiger partial charge >= 0.3 is 5.97 Å². The van der Waals surface area contributed by atoms with Crippen LogP contribution < -0.4 is 5.32 Å². The number of nitrogens with one attached hydrogen (secondary N) is 1. The molecule has 1 saturated heterocycles. The van der Waals surface area contributed by atoms with Crippen LogP contribution in [0, 0.1) is 25.2 Å². The Labute approximate surface area is 193 Å². The van der Waals surface area contributed by atoms with E-state index >= 15 is 0 Å². The highest BCUT2D eigenvalue weighted by Gasteiger charge is 2.30. The van der Waals surface area contributed by atoms with Gasteiger partial charge in [0.15, 0.2) is 5.82 Å². The highest BCUT2D eigenvalue weighted by atomic mass is 16.5. The van der Waals surface area contributed by atoms with Crippen LogP contribution in [0.3, 0.4) is 0 Å². The predicted octanol–water partition coefficient (Wildman–Crippen LogP) is 2.36. The summed E-state index contributed by atoms with van der Waals surface area (Å²) in [6.45, 7) is 7.23. The summed E-state index contributed by atoms with van der Waals surface area (Å²) in [7, 11) is 0. The molecule has 2 aliphatic rings. The molecule has 33 heavy (non-hydrogen) atoms. The van der Waals surface area contributed by atoms with E-state index in [9.17, 15) is 4.79 Å². The van der Waals surface area contributed by atoms with Crippen molar-refractivity contribution < 1.29 is 10.9 Å². The van der Waals surface area contributed by atoms with Gasteiger partial charge in [0.2, 0.25) is 0 Å². The lowest BCUT2D eigenvalue weighted by molar-refractivity contribution is 0.0535. The van der Waals surface area contributed by atoms with Crippen LogP contribution in [0.25, 0.3) is 5.82 Å². The highest BCUT2D eigenvalue weighted by Crippen LogP contribution is 2.31. The number of carbonyl (C=O) groups excluding carboxylic acids is 1. The van der Waals surface area contributed by atoms with Crippen molar-refractivity contribution in [1.29, 1.82) is 5.26 Å². The van der Waals surface area contributed by atoms with Gasteiger partial charge < -0.3 is 10.1 Å². The molecule has 0 aliphatic carbocycles. The molecule has 5 rings (SSSR count). The third kappa shape index (κ3) is 3.99. The minimum Gasteiger partial charge on any atom is -0.457 e. The number of esters is 1. The van der Waals surface area contributed by atoms with E-state index in [1.165, 1.54) is 11.0 Å². The number of aromatic nitrogens is 4. The number of rotatable bonds is 4. The highest BCUT2D eigenvalue weighted by molar-refractivity contribution is 5.94. The largest absolute Gasteiger partial charge is 0.457 e. The molecule has 1 N–H and O–H groups in total. The van der Waals surface area contributed by atoms with E-state index < -0.39 is 12.6 Å². The van der Waals surface area contributed by atoms with Crippen molar-refractivity contribution in [3.8, 4) is 11.9 Å². The molecule has 1 fully saturated rings. The van der Waals surface area contributed by atoms with E-state index in [1.807, 2.05) is 19.9 Å². The molecular formula is C24H25N7O2. The van der Waals surface area contributed by atoms with Crippen LogP contribution in [0.5, 0.6) is 0 Å². The van der Waals surface area contributed by atoms with E-state index in [-0.39, 0.29) is 12.1 Å². The topological polar surface area (TPSA) is 109 Å². The number of hydrogen-bond acceptors (Lipinski definition) is 8. The molecule has 9 nitrogen and oxygen atoms in total. The summed E-state index contributed by atoms with van der Waals surface area (Å²) >= 11 is 0. The second-order valence-electron chi connectivity index (χ2n) is 8.67. The van der Waals surface area contributed by atoms with Crippen molar-refractivity contribution in [2.24, 2.45) is 0 Å². The summed E-state index contributed by atoms with van der Waals surface area (Å²) in [6, 6.07) is 7.96. The number of nitrogens with zero attached hydrogens (tertiary/aromatic N) is 6. The molecule has 0 saturated carbocycles. The van der Waals surface area contributed by atoms with E-state index in [4.69, 9.17) is 11.4 Å². The minimum absolute atomic E-state index is 0.0508. The summed E-state index contributed by atoms with van der Waals surface area (Å²) in [6.07, 6.45) is 3.28. The number of hydrogen-bond donors (Lipinski definition) is 1. The maximum Gasteiger partial charge on any atom is 0.338 e. The van der Waals surface area contributed by atoms with E-state index in [2.05, 4.69) is 38.4 Å². The summed E-state index contributed by atoms with van der Waals surface area (Å²) in [5.74, 6) is 0.149. The number of cyclic esters (lactones) is 1. The second kappa shape index (κ2) is 8.39. The average Bonchev–Trinajstić information content (AvgIpc) is 3.37. The molecule has 0 radical (unpaired) electrons. The fourth-order valence-electron chi connectivity index (χ4n) is 4.59. The van der Waals surface area contributed by atoms with Gasteiger partial charge in [-0.2, -0.15) is 15.5 Å². The Balaban J connectivity index is 1.34. The van der Waals surface area contributed by atoms with Gasteiger partial charge in [0.25, 0.3) is 0 Å². The van der Waals surface area contributed by atoms with Crippen LogP contribution in [-0.4, -0.2) is 50.0 Å². The fourth-order valence-corrected chi connectivity index (χ4v) is 4.59. The lowest BCUT2D eigenvalue weighted by Gasteiger charge is -2.38. The summed E-state index contributed by atoms with van der Waals surface area (Å²) < 4.78 is 13.2. The van der Waals surface area contributed by atoms with Crippen molar-refractivity contribution >= 4 is 5.97 Å². The lowest BCUT2D eigenvalue weighted by atomic mass is 9.92. The summed E-state index contributed by atoms with van der Waals surface area (Å²) in [4.78, 5) is 20.1. The number of carbonyl (C=O) groups is 1. The number of nitriles is 1.